The molecule has 0 bridgehead atoms. The van der Waals surface area contributed by atoms with Gasteiger partial charge in [-0.2, -0.15) is 0 Å². The quantitative estimate of drug-likeness (QED) is 0.339. The summed E-state index contributed by atoms with van der Waals surface area (Å²) in [5.74, 6) is 5.58. The van der Waals surface area contributed by atoms with Crippen molar-refractivity contribution in [2.24, 2.45) is 5.84 Å². The monoisotopic (exact) mass is 236 g/mol. The minimum Gasteiger partial charge on any atom is -0.372 e. The third-order valence-electron chi connectivity index (χ3n) is 2.82. The van der Waals surface area contributed by atoms with Gasteiger partial charge in [0.1, 0.15) is 0 Å². The van der Waals surface area contributed by atoms with Crippen LogP contribution in [0.25, 0.3) is 0 Å². The number of hydrogen-bond donors (Lipinski definition) is 1. The summed E-state index contributed by atoms with van der Waals surface area (Å²) in [5, 5.41) is 1.18. The van der Waals surface area contributed by atoms with E-state index in [0.717, 1.165) is 12.0 Å². The molecule has 0 aliphatic rings. The topological polar surface area (TPSA) is 55.6 Å². The summed E-state index contributed by atoms with van der Waals surface area (Å²) in [7, 11) is 0. The zero-order valence-corrected chi connectivity index (χ0v) is 10.4. The van der Waals surface area contributed by atoms with Gasteiger partial charge in [0.25, 0.3) is 0 Å². The first-order valence-electron chi connectivity index (χ1n) is 5.82. The van der Waals surface area contributed by atoms with Crippen molar-refractivity contribution in [2.75, 3.05) is 0 Å². The fourth-order valence-electron chi connectivity index (χ4n) is 1.78. The van der Waals surface area contributed by atoms with E-state index in [2.05, 4.69) is 0 Å². The Hall–Kier alpha value is -1.39. The van der Waals surface area contributed by atoms with Gasteiger partial charge in [-0.25, -0.2) is 5.84 Å². The minimum absolute atomic E-state index is 0.0868. The zero-order chi connectivity index (χ0) is 12.7. The number of benzene rings is 1. The molecular formula is C13H20N2O2. The van der Waals surface area contributed by atoms with Crippen molar-refractivity contribution in [3.63, 3.8) is 0 Å². The predicted molar refractivity (Wildman–Crippen MR) is 66.9 cm³/mol. The number of carbonyl (C=O) groups is 1. The van der Waals surface area contributed by atoms with Crippen molar-refractivity contribution < 1.29 is 9.53 Å². The molecule has 0 spiro atoms. The van der Waals surface area contributed by atoms with Crippen molar-refractivity contribution in [1.29, 1.82) is 0 Å². The van der Waals surface area contributed by atoms with Crippen LogP contribution in [-0.2, 0) is 16.1 Å². The molecule has 1 aromatic carbocycles. The van der Waals surface area contributed by atoms with E-state index in [-0.39, 0.29) is 12.1 Å². The fourth-order valence-corrected chi connectivity index (χ4v) is 1.78. The van der Waals surface area contributed by atoms with Gasteiger partial charge in [-0.05, 0) is 18.9 Å². The lowest BCUT2D eigenvalue weighted by molar-refractivity contribution is -0.124. The molecule has 0 aromatic heterocycles. The van der Waals surface area contributed by atoms with Crippen LogP contribution in [0.4, 0.5) is 0 Å². The Balaban J connectivity index is 2.48. The molecular weight excluding hydrogens is 216 g/mol. The molecule has 94 valence electrons. The average molecular weight is 236 g/mol. The van der Waals surface area contributed by atoms with Gasteiger partial charge in [0.15, 0.2) is 0 Å². The maximum absolute atomic E-state index is 10.6. The molecule has 0 unspecified atom stereocenters. The Labute approximate surface area is 102 Å². The first kappa shape index (κ1) is 13.7. The Morgan fingerprint density at radius 3 is 2.59 bits per heavy atom. The highest BCUT2D eigenvalue weighted by atomic mass is 16.5. The van der Waals surface area contributed by atoms with Crippen molar-refractivity contribution in [2.45, 2.75) is 39.0 Å². The lowest BCUT2D eigenvalue weighted by Crippen LogP contribution is -2.46. The van der Waals surface area contributed by atoms with Crippen LogP contribution < -0.4 is 5.84 Å². The van der Waals surface area contributed by atoms with E-state index < -0.39 is 0 Å². The summed E-state index contributed by atoms with van der Waals surface area (Å²) in [6.07, 6.45) is 1.32. The molecule has 0 aliphatic carbocycles. The van der Waals surface area contributed by atoms with Gasteiger partial charge in [-0.1, -0.05) is 37.3 Å². The number of hydrogen-bond acceptors (Lipinski definition) is 3. The largest absolute Gasteiger partial charge is 0.372 e. The van der Waals surface area contributed by atoms with Crippen LogP contribution in [0.5, 0.6) is 0 Å². The number of ether oxygens (including phenoxy) is 1. The smallest absolute Gasteiger partial charge is 0.224 e. The van der Waals surface area contributed by atoms with E-state index in [1.54, 1.807) is 0 Å². The van der Waals surface area contributed by atoms with Crippen LogP contribution in [0.2, 0.25) is 0 Å². The number of hydrazine groups is 1. The Kier molecular flexibility index (Phi) is 5.66. The number of carbonyl (C=O) groups excluding carboxylic acids is 1. The van der Waals surface area contributed by atoms with E-state index in [1.165, 1.54) is 5.01 Å². The van der Waals surface area contributed by atoms with Crippen LogP contribution in [0.1, 0.15) is 25.8 Å². The molecule has 4 nitrogen and oxygen atoms in total. The van der Waals surface area contributed by atoms with Crippen LogP contribution in [0, 0.1) is 0 Å². The second-order valence-electron chi connectivity index (χ2n) is 4.03. The second kappa shape index (κ2) is 7.04. The number of amides is 1. The molecule has 0 saturated carbocycles. The maximum atomic E-state index is 10.6. The molecule has 0 saturated heterocycles. The average Bonchev–Trinajstić information content (AvgIpc) is 2.38. The highest BCUT2D eigenvalue weighted by Gasteiger charge is 2.20. The summed E-state index contributed by atoms with van der Waals surface area (Å²) in [6, 6.07) is 9.84. The standard InChI is InChI=1S/C13H20N2O2/c1-3-13(15(14)10-16)11(2)17-9-12-7-5-4-6-8-12/h4-8,10-11,13H,3,9,14H2,1-2H3/t11-,13-/m0/s1. The molecule has 0 fully saturated rings. The molecule has 0 heterocycles. The van der Waals surface area contributed by atoms with Gasteiger partial charge in [-0.3, -0.25) is 9.80 Å². The van der Waals surface area contributed by atoms with E-state index in [4.69, 9.17) is 10.6 Å². The Morgan fingerprint density at radius 2 is 2.06 bits per heavy atom. The van der Waals surface area contributed by atoms with Crippen LogP contribution in [-0.4, -0.2) is 23.6 Å². The molecule has 2 atom stereocenters. The molecule has 0 aliphatic heterocycles. The molecule has 17 heavy (non-hydrogen) atoms. The molecule has 4 heteroatoms. The molecule has 1 amide bonds. The second-order valence-corrected chi connectivity index (χ2v) is 4.03. The van der Waals surface area contributed by atoms with Gasteiger partial charge < -0.3 is 4.74 Å². The summed E-state index contributed by atoms with van der Waals surface area (Å²) in [4.78, 5) is 10.6. The normalized spacial score (nSPS) is 14.1. The highest BCUT2D eigenvalue weighted by Crippen LogP contribution is 2.10. The van der Waals surface area contributed by atoms with Gasteiger partial charge in [0.2, 0.25) is 6.41 Å². The van der Waals surface area contributed by atoms with Gasteiger partial charge >= 0.3 is 0 Å². The van der Waals surface area contributed by atoms with E-state index >= 15 is 0 Å². The van der Waals surface area contributed by atoms with E-state index in [0.29, 0.717) is 13.0 Å². The van der Waals surface area contributed by atoms with Crippen LogP contribution >= 0.6 is 0 Å². The summed E-state index contributed by atoms with van der Waals surface area (Å²) >= 11 is 0. The SMILES string of the molecule is CC[C@@H]([C@H](C)OCc1ccccc1)N(N)C=O. The van der Waals surface area contributed by atoms with Crippen molar-refractivity contribution >= 4 is 6.41 Å². The number of rotatable bonds is 7. The molecule has 1 rings (SSSR count). The Bertz CT molecular complexity index is 329. The number of nitrogens with two attached hydrogens (primary N) is 1. The van der Waals surface area contributed by atoms with Crippen LogP contribution in [0.3, 0.4) is 0 Å². The minimum atomic E-state index is -0.0876. The third kappa shape index (κ3) is 4.17. The summed E-state index contributed by atoms with van der Waals surface area (Å²) < 4.78 is 5.72. The molecule has 0 radical (unpaired) electrons. The van der Waals surface area contributed by atoms with Crippen molar-refractivity contribution in [3.8, 4) is 0 Å². The van der Waals surface area contributed by atoms with Gasteiger partial charge in [-0.15, -0.1) is 0 Å². The summed E-state index contributed by atoms with van der Waals surface area (Å²) in [6.45, 7) is 4.45. The first-order chi connectivity index (χ1) is 8.19. The third-order valence-corrected chi connectivity index (χ3v) is 2.82. The van der Waals surface area contributed by atoms with Crippen molar-refractivity contribution in [3.05, 3.63) is 35.9 Å². The zero-order valence-electron chi connectivity index (χ0n) is 10.4. The van der Waals surface area contributed by atoms with Gasteiger partial charge in [0.05, 0.1) is 18.8 Å². The summed E-state index contributed by atoms with van der Waals surface area (Å²) in [5.41, 5.74) is 1.11. The fraction of sp³-hybridized carbons (Fsp3) is 0.462. The lowest BCUT2D eigenvalue weighted by atomic mass is 10.1. The Morgan fingerprint density at radius 1 is 1.41 bits per heavy atom. The lowest BCUT2D eigenvalue weighted by Gasteiger charge is -2.28. The first-order valence-corrected chi connectivity index (χ1v) is 5.82. The van der Waals surface area contributed by atoms with Gasteiger partial charge in [0, 0.05) is 0 Å². The van der Waals surface area contributed by atoms with Crippen molar-refractivity contribution in [1.82, 2.24) is 5.01 Å². The highest BCUT2D eigenvalue weighted by molar-refractivity contribution is 5.46. The number of nitrogens with zero attached hydrogens (tertiary/aromatic N) is 1. The van der Waals surface area contributed by atoms with Crippen LogP contribution in [0.15, 0.2) is 30.3 Å². The molecule has 2 N–H and O–H groups in total. The van der Waals surface area contributed by atoms with E-state index in [1.807, 2.05) is 44.2 Å². The maximum Gasteiger partial charge on any atom is 0.224 e. The molecule has 1 aromatic rings. The predicted octanol–water partition coefficient (Wildman–Crippen LogP) is 1.70. The van der Waals surface area contributed by atoms with E-state index in [9.17, 15) is 4.79 Å².